The van der Waals surface area contributed by atoms with Gasteiger partial charge in [0.1, 0.15) is 0 Å². The zero-order valence-corrected chi connectivity index (χ0v) is 24.8. The highest BCUT2D eigenvalue weighted by Crippen LogP contribution is 2.68. The summed E-state index contributed by atoms with van der Waals surface area (Å²) in [5.74, 6) is 1.73. The van der Waals surface area contributed by atoms with Gasteiger partial charge in [-0.2, -0.15) is 0 Å². The minimum atomic E-state index is -0.137. The van der Waals surface area contributed by atoms with Crippen molar-refractivity contribution in [3.63, 3.8) is 0 Å². The molecule has 10 heteroatoms. The molecule has 0 aromatic carbocycles. The molecule has 10 N–H and O–H groups in total. The van der Waals surface area contributed by atoms with E-state index in [0.29, 0.717) is 29.6 Å². The molecule has 4 aliphatic rings. The van der Waals surface area contributed by atoms with Crippen LogP contribution in [0, 0.1) is 46.3 Å². The maximum Gasteiger partial charge on any atom is 0.233 e. The highest BCUT2D eigenvalue weighted by molar-refractivity contribution is 5.79. The number of carbonyl (C=O) groups is 3. The van der Waals surface area contributed by atoms with Gasteiger partial charge < -0.3 is 38.3 Å². The quantitative estimate of drug-likeness (QED) is 0.203. The Labute approximate surface area is 239 Å². The molecule has 10 nitrogen and oxygen atoms in total. The second kappa shape index (κ2) is 12.6. The third-order valence-corrected chi connectivity index (χ3v) is 12.0. The van der Waals surface area contributed by atoms with Crippen LogP contribution in [0.15, 0.2) is 0 Å². The van der Waals surface area contributed by atoms with Gasteiger partial charge in [-0.05, 0) is 104 Å². The highest BCUT2D eigenvalue weighted by atomic mass is 16.3. The topological polar surface area (TPSA) is 186 Å². The molecule has 3 amide bonds. The summed E-state index contributed by atoms with van der Waals surface area (Å²) in [6.45, 7) is 7.19. The lowest BCUT2D eigenvalue weighted by molar-refractivity contribution is -0.153. The SMILES string of the molecule is C[C@H](CCCO)C1CC[C@H]2C3C(NC(=O)CN)CC4C[C@H](NC(=O)CN)CCC4(C)[C@H]3CC(NC(=O)CN)C12C. The first-order chi connectivity index (χ1) is 19.0. The maximum atomic E-state index is 12.8. The number of rotatable bonds is 10. The predicted octanol–water partition coefficient (Wildman–Crippen LogP) is 0.604. The Hall–Kier alpha value is -1.75. The van der Waals surface area contributed by atoms with Crippen molar-refractivity contribution in [1.82, 2.24) is 16.0 Å². The standard InChI is InChI=1S/C30H54N6O4/c1-17(5-4-10-37)20-6-7-21-28-22(13-24(30(20,21)3)36-27(40)16-33)29(2)9-8-19(34-25(38)14-31)11-18(29)12-23(28)35-26(39)15-32/h17-24,28,37H,4-16,31-33H2,1-3H3,(H,34,38)(H,35,39)(H,36,40)/t17-,18?,19-,20?,21+,22+,23?,24?,28?,29?,30?/m1/s1. The molecule has 0 bridgehead atoms. The summed E-state index contributed by atoms with van der Waals surface area (Å²) in [6.07, 6.45) is 8.36. The number of amides is 3. The van der Waals surface area contributed by atoms with Crippen LogP contribution in [0.25, 0.3) is 0 Å². The Kier molecular flexibility index (Phi) is 9.85. The van der Waals surface area contributed by atoms with E-state index in [1.165, 1.54) is 0 Å². The Bertz CT molecular complexity index is 934. The van der Waals surface area contributed by atoms with E-state index in [-0.39, 0.29) is 78.8 Å². The van der Waals surface area contributed by atoms with E-state index in [1.54, 1.807) is 0 Å². The largest absolute Gasteiger partial charge is 0.396 e. The van der Waals surface area contributed by atoms with E-state index in [0.717, 1.165) is 57.8 Å². The summed E-state index contributed by atoms with van der Waals surface area (Å²) in [4.78, 5) is 37.7. The first-order valence-corrected chi connectivity index (χ1v) is 15.6. The summed E-state index contributed by atoms with van der Waals surface area (Å²) in [7, 11) is 0. The minimum absolute atomic E-state index is 0.00465. The third-order valence-electron chi connectivity index (χ3n) is 12.0. The first kappa shape index (κ1) is 31.2. The number of fused-ring (bicyclic) bond motifs is 5. The monoisotopic (exact) mass is 562 g/mol. The fourth-order valence-corrected chi connectivity index (χ4v) is 10.2. The summed E-state index contributed by atoms with van der Waals surface area (Å²) in [6, 6.07) is 0.0846. The Balaban J connectivity index is 1.72. The number of aliphatic hydroxyl groups is 1. The van der Waals surface area contributed by atoms with Gasteiger partial charge in [-0.3, -0.25) is 14.4 Å². The molecule has 4 fully saturated rings. The number of nitrogens with one attached hydrogen (secondary N) is 3. The average Bonchev–Trinajstić information content (AvgIpc) is 3.30. The van der Waals surface area contributed by atoms with Crippen LogP contribution in [-0.4, -0.2) is 67.2 Å². The molecule has 7 unspecified atom stereocenters. The molecule has 0 aliphatic heterocycles. The van der Waals surface area contributed by atoms with Crippen LogP contribution in [0.2, 0.25) is 0 Å². The Morgan fingerprint density at radius 2 is 1.52 bits per heavy atom. The van der Waals surface area contributed by atoms with Crippen LogP contribution in [0.4, 0.5) is 0 Å². The van der Waals surface area contributed by atoms with E-state index >= 15 is 0 Å². The second-order valence-electron chi connectivity index (χ2n) is 13.8. The van der Waals surface area contributed by atoms with Gasteiger partial charge in [0, 0.05) is 24.7 Å². The van der Waals surface area contributed by atoms with Crippen molar-refractivity contribution < 1.29 is 19.5 Å². The van der Waals surface area contributed by atoms with Gasteiger partial charge in [0.15, 0.2) is 0 Å². The van der Waals surface area contributed by atoms with E-state index in [2.05, 4.69) is 36.7 Å². The zero-order chi connectivity index (χ0) is 29.2. The van der Waals surface area contributed by atoms with Crippen LogP contribution < -0.4 is 33.2 Å². The lowest BCUT2D eigenvalue weighted by atomic mass is 9.42. The smallest absolute Gasteiger partial charge is 0.233 e. The van der Waals surface area contributed by atoms with Gasteiger partial charge >= 0.3 is 0 Å². The minimum Gasteiger partial charge on any atom is -0.396 e. The fourth-order valence-electron chi connectivity index (χ4n) is 10.2. The predicted molar refractivity (Wildman–Crippen MR) is 154 cm³/mol. The molecular weight excluding hydrogens is 508 g/mol. The molecule has 4 rings (SSSR count). The average molecular weight is 563 g/mol. The number of aliphatic hydroxyl groups excluding tert-OH is 1. The van der Waals surface area contributed by atoms with Crippen molar-refractivity contribution in [2.24, 2.45) is 63.5 Å². The molecule has 0 aromatic heterocycles. The van der Waals surface area contributed by atoms with E-state index in [1.807, 2.05) is 0 Å². The number of carbonyl (C=O) groups excluding carboxylic acids is 3. The number of hydrogen-bond acceptors (Lipinski definition) is 7. The second-order valence-corrected chi connectivity index (χ2v) is 13.8. The molecule has 11 atom stereocenters. The Morgan fingerprint density at radius 1 is 0.875 bits per heavy atom. The van der Waals surface area contributed by atoms with Crippen molar-refractivity contribution in [2.75, 3.05) is 26.2 Å². The molecule has 4 saturated carbocycles. The molecule has 0 spiro atoms. The molecule has 40 heavy (non-hydrogen) atoms. The van der Waals surface area contributed by atoms with E-state index in [9.17, 15) is 19.5 Å². The van der Waals surface area contributed by atoms with Crippen molar-refractivity contribution in [2.45, 2.75) is 96.7 Å². The number of hydrogen-bond donors (Lipinski definition) is 7. The lowest BCUT2D eigenvalue weighted by Gasteiger charge is -2.65. The van der Waals surface area contributed by atoms with Gasteiger partial charge in [-0.15, -0.1) is 0 Å². The maximum absolute atomic E-state index is 12.8. The van der Waals surface area contributed by atoms with Crippen molar-refractivity contribution in [3.05, 3.63) is 0 Å². The summed E-state index contributed by atoms with van der Waals surface area (Å²) >= 11 is 0. The van der Waals surface area contributed by atoms with Gasteiger partial charge in [-0.25, -0.2) is 0 Å². The Morgan fingerprint density at radius 3 is 2.17 bits per heavy atom. The normalized spacial score (nSPS) is 41.2. The lowest BCUT2D eigenvalue weighted by Crippen LogP contribution is -2.68. The molecule has 0 radical (unpaired) electrons. The molecular formula is C30H54N6O4. The van der Waals surface area contributed by atoms with Crippen molar-refractivity contribution in [3.8, 4) is 0 Å². The number of nitrogens with two attached hydrogens (primary N) is 3. The highest BCUT2D eigenvalue weighted by Gasteiger charge is 2.66. The zero-order valence-electron chi connectivity index (χ0n) is 24.8. The molecule has 4 aliphatic carbocycles. The van der Waals surface area contributed by atoms with Crippen molar-refractivity contribution in [1.29, 1.82) is 0 Å². The van der Waals surface area contributed by atoms with Crippen LogP contribution >= 0.6 is 0 Å². The van der Waals surface area contributed by atoms with E-state index < -0.39 is 0 Å². The van der Waals surface area contributed by atoms with Gasteiger partial charge in [0.05, 0.1) is 19.6 Å². The van der Waals surface area contributed by atoms with Crippen LogP contribution in [0.5, 0.6) is 0 Å². The van der Waals surface area contributed by atoms with E-state index in [4.69, 9.17) is 17.2 Å². The van der Waals surface area contributed by atoms with Crippen molar-refractivity contribution >= 4 is 17.7 Å². The van der Waals surface area contributed by atoms with Crippen LogP contribution in [0.3, 0.4) is 0 Å². The fraction of sp³-hybridized carbons (Fsp3) is 0.900. The molecule has 0 saturated heterocycles. The van der Waals surface area contributed by atoms with Gasteiger partial charge in [0.2, 0.25) is 17.7 Å². The molecule has 0 heterocycles. The third kappa shape index (κ3) is 5.65. The summed E-state index contributed by atoms with van der Waals surface area (Å²) in [5.41, 5.74) is 17.1. The molecule has 228 valence electrons. The summed E-state index contributed by atoms with van der Waals surface area (Å²) < 4.78 is 0. The van der Waals surface area contributed by atoms with Gasteiger partial charge in [-0.1, -0.05) is 20.8 Å². The summed E-state index contributed by atoms with van der Waals surface area (Å²) in [5, 5.41) is 19.4. The van der Waals surface area contributed by atoms with Gasteiger partial charge in [0.25, 0.3) is 0 Å². The first-order valence-electron chi connectivity index (χ1n) is 15.6. The van der Waals surface area contributed by atoms with Crippen LogP contribution in [-0.2, 0) is 14.4 Å². The van der Waals surface area contributed by atoms with Crippen LogP contribution in [0.1, 0.15) is 78.6 Å². The molecule has 0 aromatic rings.